The molecule has 3 heterocycles. The standard InChI is InChI=1S/C9H13N2O.C8H11N2O.C8H12N2O.CH2Br.CH2Cl.CH3I.CH4.I2.3HI.5V/c1-11-6-10-8-3-7(5-12-2)4-9(8)11;1-11-4-6-2-7-8(3-6)10-5-9-7;1-10-5-9-7-2-6(4-11)3-8(7)10;3*1-2;;1-2;;;;;;;;/h6-7H,2-5H2,1H3;5-6H,1-4H2,(H,9,10);5-6,11H,2-4H2,1H3;2*1H2;1H3;1H4;;3*1H;;;;;/q2*-1;;2*-1;;;;;;;;;;;+3/p-3. The molecule has 0 saturated heterocycles. The fourth-order valence-corrected chi connectivity index (χ4v) is 5.15. The van der Waals surface area contributed by atoms with E-state index in [0.717, 1.165) is 51.7 Å². The molecule has 3 unspecified atom stereocenters. The normalized spacial score (nSPS) is 14.7. The van der Waals surface area contributed by atoms with Gasteiger partial charge in [-0.2, -0.15) is 0 Å². The maximum Gasteiger partial charge on any atom is 0 e. The van der Waals surface area contributed by atoms with E-state index in [-0.39, 0.29) is 93.2 Å². The molecule has 3 aliphatic rings. The summed E-state index contributed by atoms with van der Waals surface area (Å²) in [5, 5.41) is 8.91. The van der Waals surface area contributed by atoms with Crippen molar-refractivity contribution in [3.63, 3.8) is 0 Å². The van der Waals surface area contributed by atoms with E-state index >= 15 is 0 Å². The second-order valence-electron chi connectivity index (χ2n) is 9.76. The summed E-state index contributed by atoms with van der Waals surface area (Å²) in [7, 11) is 10.8. The third-order valence-corrected chi connectivity index (χ3v) is 6.97. The van der Waals surface area contributed by atoms with E-state index in [2.05, 4.69) is 198 Å². The number of aromatic nitrogens is 6. The number of nitrogens with one attached hydrogen (secondary N) is 1. The number of halogens is 8. The van der Waals surface area contributed by atoms with Crippen molar-refractivity contribution >= 4 is 147 Å². The maximum absolute atomic E-state index is 8.91. The molecule has 3 aromatic heterocycles. The van der Waals surface area contributed by atoms with Gasteiger partial charge in [-0.3, -0.25) is 12.2 Å². The number of aliphatic hydroxyl groups excluding tert-OH is 1. The molecule has 0 aliphatic heterocycles. The predicted octanol–water partition coefficient (Wildman–Crippen LogP) is 10.3. The molecular weight excluding hydrogens is 1610 g/mol. The Morgan fingerprint density at radius 1 is 0.784 bits per heavy atom. The summed E-state index contributed by atoms with van der Waals surface area (Å²) in [4.78, 5) is 17.6. The van der Waals surface area contributed by atoms with Crippen LogP contribution in [0, 0.1) is 44.2 Å². The quantitative estimate of drug-likeness (QED) is 0.150. The summed E-state index contributed by atoms with van der Waals surface area (Å²) in [6.07, 6.45) is 14.4. The summed E-state index contributed by atoms with van der Waals surface area (Å²) in [6, 6.07) is 0. The number of alkyl halides is 1. The number of ether oxygens (including phenoxy) is 2. The van der Waals surface area contributed by atoms with Crippen molar-refractivity contribution in [1.29, 1.82) is 0 Å². The average molecular weight is 1660 g/mol. The third kappa shape index (κ3) is 29.5. The number of aryl methyl sites for hydroxylation is 2. The Morgan fingerprint density at radius 3 is 1.49 bits per heavy atom. The van der Waals surface area contributed by atoms with E-state index in [9.17, 15) is 0 Å². The molecule has 296 valence electrons. The van der Waals surface area contributed by atoms with Crippen LogP contribution in [0.15, 0.2) is 19.0 Å². The van der Waals surface area contributed by atoms with Crippen molar-refractivity contribution in [2.45, 2.75) is 46.0 Å². The maximum atomic E-state index is 8.91. The first-order valence-electron chi connectivity index (χ1n) is 13.4. The summed E-state index contributed by atoms with van der Waals surface area (Å²) in [6.45, 7) is 1.77. The van der Waals surface area contributed by atoms with Crippen LogP contribution in [0.4, 0.5) is 0 Å². The molecule has 3 aromatic rings. The zero-order valence-corrected chi connectivity index (χ0v) is 50.2. The van der Waals surface area contributed by atoms with Crippen molar-refractivity contribution in [1.82, 2.24) is 29.1 Å². The Labute approximate surface area is 443 Å². The molecule has 4 radical (unpaired) electrons. The van der Waals surface area contributed by atoms with Gasteiger partial charge in [-0.05, 0) is 61.2 Å². The van der Waals surface area contributed by atoms with Gasteiger partial charge in [0.25, 0.3) is 0 Å². The van der Waals surface area contributed by atoms with Gasteiger partial charge in [-0.15, -0.1) is 0 Å². The largest absolute Gasteiger partial charge is 0 e. The van der Waals surface area contributed by atoms with Gasteiger partial charge in [0.1, 0.15) is 0 Å². The summed E-state index contributed by atoms with van der Waals surface area (Å²) in [5.41, 5.74) is 7.53. The topological polar surface area (TPSA) is 103 Å². The number of imidazole rings is 3. The van der Waals surface area contributed by atoms with E-state index in [1.165, 1.54) is 34.2 Å². The van der Waals surface area contributed by atoms with E-state index in [1.807, 2.05) is 36.2 Å². The van der Waals surface area contributed by atoms with Gasteiger partial charge in [0.15, 0.2) is 0 Å². The van der Waals surface area contributed by atoms with Crippen molar-refractivity contribution < 1.29 is 93.7 Å². The second kappa shape index (κ2) is 46.6. The fourth-order valence-electron chi connectivity index (χ4n) is 5.15. The number of fused-ring (bicyclic) bond motifs is 3. The zero-order chi connectivity index (χ0) is 35.7. The number of aromatic amines is 1. The molecule has 51 heavy (non-hydrogen) atoms. The smallest absolute Gasteiger partial charge is 0 e. The minimum atomic E-state index is -0.278. The van der Waals surface area contributed by atoms with Gasteiger partial charge in [0.05, 0.1) is 36.1 Å². The van der Waals surface area contributed by atoms with Gasteiger partial charge >= 0.3 is 64.9 Å². The molecule has 0 amide bonds. The first-order valence-corrected chi connectivity index (χ1v) is 37.0. The molecule has 0 fully saturated rings. The molecule has 22 heteroatoms. The monoisotopic (exact) mass is 1660 g/mol. The van der Waals surface area contributed by atoms with Crippen LogP contribution in [-0.2, 0) is 141 Å². The van der Waals surface area contributed by atoms with Gasteiger partial charge in [0.2, 0.25) is 0 Å². The summed E-state index contributed by atoms with van der Waals surface area (Å²) in [5.74, 6) is 4.65. The fraction of sp³-hybridized carbons (Fsp3) is 0.552. The SMILES string of the molecule is C.CI.Cn1cnc2c1CC(CO)C2.II.[CH2-]Br.[CH2-]Cl.[CH2-]OCC1Cc2nc[nH]c2C1.[CH2-]OCC1Cc2ncn(C)c2C1.[I][V]([I])[I].[V].[V].[V].[V]. The molecule has 0 spiro atoms. The Balaban J connectivity index is -0.0000000949. The Morgan fingerprint density at radius 2 is 1.14 bits per heavy atom. The molecule has 9 nitrogen and oxygen atoms in total. The predicted molar refractivity (Wildman–Crippen MR) is 250 cm³/mol. The van der Waals surface area contributed by atoms with E-state index < -0.39 is 0 Å². The number of rotatable bonds is 5. The van der Waals surface area contributed by atoms with Crippen molar-refractivity contribution in [3.8, 4) is 0 Å². The number of aliphatic hydroxyl groups is 1. The zero-order valence-electron chi connectivity index (χ0n) is 27.9. The van der Waals surface area contributed by atoms with Crippen LogP contribution in [0.5, 0.6) is 0 Å². The Hall–Kier alpha value is 5.58. The molecule has 0 saturated carbocycles. The van der Waals surface area contributed by atoms with Gasteiger partial charge in [-0.1, -0.05) is 30.0 Å². The molecule has 3 aliphatic carbocycles. The summed E-state index contributed by atoms with van der Waals surface area (Å²) < 4.78 is 13.9. The average Bonchev–Trinajstić information content (AvgIpc) is 3.91. The summed E-state index contributed by atoms with van der Waals surface area (Å²) >= 11 is 20.9. The van der Waals surface area contributed by atoms with Crippen LogP contribution in [0.1, 0.15) is 41.6 Å². The third-order valence-electron chi connectivity index (χ3n) is 6.97. The van der Waals surface area contributed by atoms with Crippen molar-refractivity contribution in [2.24, 2.45) is 31.8 Å². The van der Waals surface area contributed by atoms with Crippen LogP contribution >= 0.6 is 147 Å². The number of H-pyrrole nitrogens is 1. The van der Waals surface area contributed by atoms with Crippen LogP contribution in [-0.4, -0.2) is 58.9 Å². The molecular formula is C29H47BrClI6N6O3V5-4. The molecule has 6 rings (SSSR count). The first kappa shape index (κ1) is 71.1. The number of hydrogen-bond acceptors (Lipinski definition) is 6. The van der Waals surface area contributed by atoms with Crippen LogP contribution in [0.2, 0.25) is 0 Å². The number of nitrogens with zero attached hydrogens (tertiary/aromatic N) is 5. The van der Waals surface area contributed by atoms with E-state index in [1.54, 1.807) is 6.33 Å². The van der Waals surface area contributed by atoms with Gasteiger partial charge < -0.3 is 56.2 Å². The van der Waals surface area contributed by atoms with Crippen LogP contribution in [0.25, 0.3) is 0 Å². The molecule has 0 aromatic carbocycles. The molecule has 0 bridgehead atoms. The Kier molecular flexibility index (Phi) is 65.0. The number of hydrogen-bond donors (Lipinski definition) is 2. The van der Waals surface area contributed by atoms with E-state index in [4.69, 9.17) is 14.6 Å². The second-order valence-corrected chi connectivity index (χ2v) is 45.1. The van der Waals surface area contributed by atoms with Crippen LogP contribution in [0.3, 0.4) is 0 Å². The van der Waals surface area contributed by atoms with E-state index in [0.29, 0.717) is 17.8 Å². The molecule has 3 atom stereocenters. The Bertz CT molecular complexity index is 1140. The first-order chi connectivity index (χ1) is 22.2. The van der Waals surface area contributed by atoms with Crippen molar-refractivity contribution in [3.05, 3.63) is 79.6 Å². The van der Waals surface area contributed by atoms with Gasteiger partial charge in [-0.25, -0.2) is 29.2 Å². The minimum Gasteiger partial charge on any atom is 0 e. The van der Waals surface area contributed by atoms with Crippen molar-refractivity contribution in [2.75, 3.05) is 24.8 Å². The van der Waals surface area contributed by atoms with Gasteiger partial charge in [0, 0.05) is 162 Å². The minimum absolute atomic E-state index is 0. The van der Waals surface area contributed by atoms with Crippen LogP contribution < -0.4 is 0 Å². The molecule has 2 N–H and O–H groups in total.